The van der Waals surface area contributed by atoms with Crippen LogP contribution in [0.4, 0.5) is 5.82 Å². The molecule has 3 aromatic heterocycles. The Hall–Kier alpha value is -2.46. The lowest BCUT2D eigenvalue weighted by atomic mass is 9.91. The van der Waals surface area contributed by atoms with Gasteiger partial charge in [0.15, 0.2) is 5.65 Å². The maximum atomic E-state index is 6.95. The minimum absolute atomic E-state index is 0.438. The molecule has 2 aliphatic rings. The Labute approximate surface area is 230 Å². The van der Waals surface area contributed by atoms with E-state index in [0.717, 1.165) is 71.0 Å². The maximum Gasteiger partial charge on any atom is 0.163 e. The first-order chi connectivity index (χ1) is 18.2. The van der Waals surface area contributed by atoms with Crippen molar-refractivity contribution in [3.05, 3.63) is 35.7 Å². The Bertz CT molecular complexity index is 1460. The third-order valence-corrected chi connectivity index (χ3v) is 10.3. The second-order valence-electron chi connectivity index (χ2n) is 12.3. The number of hydrogen-bond donors (Lipinski definition) is 1. The van der Waals surface area contributed by atoms with Crippen molar-refractivity contribution >= 4 is 47.6 Å². The molecule has 6 rings (SSSR count). The fourth-order valence-corrected chi connectivity index (χ4v) is 7.31. The molecule has 3 atom stereocenters. The van der Waals surface area contributed by atoms with Crippen LogP contribution in [-0.2, 0) is 18.5 Å². The van der Waals surface area contributed by atoms with Gasteiger partial charge in [-0.3, -0.25) is 4.68 Å². The Morgan fingerprint density at radius 3 is 2.58 bits per heavy atom. The summed E-state index contributed by atoms with van der Waals surface area (Å²) in [6, 6.07) is 6.17. The van der Waals surface area contributed by atoms with Crippen molar-refractivity contribution in [3.8, 4) is 11.1 Å². The molecule has 4 aromatic rings. The third kappa shape index (κ3) is 4.74. The molecule has 2 N–H and O–H groups in total. The van der Waals surface area contributed by atoms with Gasteiger partial charge in [0.2, 0.25) is 0 Å². The van der Waals surface area contributed by atoms with Gasteiger partial charge in [-0.1, -0.05) is 37.3 Å². The number of benzene rings is 1. The largest absolute Gasteiger partial charge is 0.361 e. The highest BCUT2D eigenvalue weighted by Crippen LogP contribution is 2.42. The van der Waals surface area contributed by atoms with Crippen molar-refractivity contribution in [2.75, 3.05) is 18.1 Å². The minimum atomic E-state index is -1.18. The summed E-state index contributed by atoms with van der Waals surface area (Å²) in [4.78, 5) is 12.7. The highest BCUT2D eigenvalue weighted by atomic mass is 35.5. The van der Waals surface area contributed by atoms with Gasteiger partial charge < -0.3 is 19.9 Å². The molecule has 0 amide bonds. The lowest BCUT2D eigenvalue weighted by molar-refractivity contribution is 0.0899. The number of rotatable bonds is 8. The number of hydrogen-bond acceptors (Lipinski definition) is 6. The molecule has 38 heavy (non-hydrogen) atoms. The van der Waals surface area contributed by atoms with Crippen molar-refractivity contribution in [1.82, 2.24) is 24.3 Å². The van der Waals surface area contributed by atoms with Crippen molar-refractivity contribution in [2.24, 2.45) is 18.7 Å². The van der Waals surface area contributed by atoms with Gasteiger partial charge in [-0.2, -0.15) is 5.10 Å². The summed E-state index contributed by atoms with van der Waals surface area (Å²) in [7, 11) is 0.733. The molecular weight excluding hydrogens is 514 g/mol. The molecule has 1 aromatic carbocycles. The number of nitrogens with two attached hydrogens (primary N) is 1. The predicted molar refractivity (Wildman–Crippen MR) is 157 cm³/mol. The molecule has 0 spiro atoms. The molecule has 0 saturated carbocycles. The number of halogens is 1. The van der Waals surface area contributed by atoms with Gasteiger partial charge in [-0.05, 0) is 50.3 Å². The van der Waals surface area contributed by atoms with E-state index in [1.54, 1.807) is 4.68 Å². The summed E-state index contributed by atoms with van der Waals surface area (Å²) < 4.78 is 10.1. The maximum absolute atomic E-state index is 6.95. The van der Waals surface area contributed by atoms with E-state index in [-0.39, 0.29) is 0 Å². The van der Waals surface area contributed by atoms with E-state index in [2.05, 4.69) is 40.4 Å². The van der Waals surface area contributed by atoms with Crippen LogP contribution in [0, 0.1) is 5.92 Å². The Balaban J connectivity index is 1.40. The van der Waals surface area contributed by atoms with Gasteiger partial charge in [0, 0.05) is 62.7 Å². The topological polar surface area (TPSA) is 87.0 Å². The lowest BCUT2D eigenvalue weighted by Gasteiger charge is -2.39. The zero-order valence-electron chi connectivity index (χ0n) is 22.8. The molecule has 2 fully saturated rings. The van der Waals surface area contributed by atoms with Crippen LogP contribution >= 0.6 is 11.6 Å². The summed E-state index contributed by atoms with van der Waals surface area (Å²) in [5.41, 5.74) is 10.5. The van der Waals surface area contributed by atoms with Gasteiger partial charge in [0.05, 0.1) is 16.7 Å². The zero-order chi connectivity index (χ0) is 26.6. The SMILES string of the molecule is Cn1cc2c(Cl)c(-c3cn(COCC[Si](C)(C)C)c4nc(N5[C@@H]6CC[C@H]5CC(CN)C6)cnc34)ccc2n1. The Morgan fingerprint density at radius 2 is 1.87 bits per heavy atom. The van der Waals surface area contributed by atoms with Crippen LogP contribution in [-0.4, -0.2) is 57.6 Å². The van der Waals surface area contributed by atoms with Gasteiger partial charge in [0.1, 0.15) is 18.1 Å². The highest BCUT2D eigenvalue weighted by molar-refractivity contribution is 6.76. The summed E-state index contributed by atoms with van der Waals surface area (Å²) in [5, 5.41) is 6.13. The van der Waals surface area contributed by atoms with E-state index in [1.807, 2.05) is 31.6 Å². The van der Waals surface area contributed by atoms with E-state index in [1.165, 1.54) is 12.8 Å². The second-order valence-corrected chi connectivity index (χ2v) is 18.3. The van der Waals surface area contributed by atoms with Crippen LogP contribution < -0.4 is 10.6 Å². The molecule has 202 valence electrons. The number of nitrogens with zero attached hydrogens (tertiary/aromatic N) is 6. The normalized spacial score (nSPS) is 21.7. The first-order valence-corrected chi connectivity index (χ1v) is 17.8. The minimum Gasteiger partial charge on any atom is -0.361 e. The molecular formula is C28H38ClN7OSi. The average molecular weight is 552 g/mol. The highest BCUT2D eigenvalue weighted by Gasteiger charge is 2.41. The second kappa shape index (κ2) is 9.93. The number of piperidine rings is 1. The number of ether oxygens (including phenoxy) is 1. The monoisotopic (exact) mass is 551 g/mol. The van der Waals surface area contributed by atoms with Gasteiger partial charge >= 0.3 is 0 Å². The zero-order valence-corrected chi connectivity index (χ0v) is 24.6. The van der Waals surface area contributed by atoms with Crippen LogP contribution in [0.1, 0.15) is 25.7 Å². The fraction of sp³-hybridized carbons (Fsp3) is 0.536. The van der Waals surface area contributed by atoms with Crippen molar-refractivity contribution in [3.63, 3.8) is 0 Å². The van der Waals surface area contributed by atoms with E-state index >= 15 is 0 Å². The number of fused-ring (bicyclic) bond motifs is 4. The van der Waals surface area contributed by atoms with Crippen LogP contribution in [0.2, 0.25) is 30.7 Å². The van der Waals surface area contributed by atoms with Gasteiger partial charge in [-0.15, -0.1) is 0 Å². The number of anilines is 1. The van der Waals surface area contributed by atoms with Crippen molar-refractivity contribution in [2.45, 2.75) is 70.2 Å². The molecule has 2 saturated heterocycles. The van der Waals surface area contributed by atoms with E-state index in [4.69, 9.17) is 32.0 Å². The number of aromatic nitrogens is 5. The van der Waals surface area contributed by atoms with Crippen LogP contribution in [0.25, 0.3) is 33.2 Å². The van der Waals surface area contributed by atoms with Crippen LogP contribution in [0.3, 0.4) is 0 Å². The summed E-state index contributed by atoms with van der Waals surface area (Å²) >= 11 is 6.95. The van der Waals surface area contributed by atoms with Gasteiger partial charge in [-0.25, -0.2) is 9.97 Å². The van der Waals surface area contributed by atoms with Crippen LogP contribution in [0.15, 0.2) is 30.7 Å². The van der Waals surface area contributed by atoms with E-state index in [0.29, 0.717) is 29.8 Å². The summed E-state index contributed by atoms with van der Waals surface area (Å²) in [6.45, 7) is 9.07. The van der Waals surface area contributed by atoms with Crippen molar-refractivity contribution in [1.29, 1.82) is 0 Å². The lowest BCUT2D eigenvalue weighted by Crippen LogP contribution is -2.45. The third-order valence-electron chi connectivity index (χ3n) is 8.24. The molecule has 2 bridgehead atoms. The molecule has 2 aliphatic heterocycles. The molecule has 8 nitrogen and oxygen atoms in total. The summed E-state index contributed by atoms with van der Waals surface area (Å²) in [6.07, 6.45) is 10.7. The predicted octanol–water partition coefficient (Wildman–Crippen LogP) is 5.66. The molecule has 5 heterocycles. The molecule has 0 aliphatic carbocycles. The fourth-order valence-electron chi connectivity index (χ4n) is 6.24. The molecule has 0 radical (unpaired) electrons. The quantitative estimate of drug-likeness (QED) is 0.225. The Morgan fingerprint density at radius 1 is 1.11 bits per heavy atom. The molecule has 1 unspecified atom stereocenters. The number of aryl methyl sites for hydroxylation is 1. The van der Waals surface area contributed by atoms with E-state index < -0.39 is 8.07 Å². The molecule has 10 heteroatoms. The summed E-state index contributed by atoms with van der Waals surface area (Å²) in [5.74, 6) is 1.57. The Kier molecular flexibility index (Phi) is 6.74. The average Bonchev–Trinajstić information content (AvgIpc) is 3.52. The standard InChI is InChI=1S/C28H38ClN7OSi/c1-34-15-23-24(33-34)8-7-21(26(23)29)22-16-35(17-37-9-10-38(2,3)4)28-27(22)31-14-25(32-28)36-19-5-6-20(36)12-18(11-19)13-30/h7-8,14-16,18-20H,5-6,9-13,17,30H2,1-4H3/t18?,19-,20+. The van der Waals surface area contributed by atoms with Crippen molar-refractivity contribution < 1.29 is 4.74 Å². The first kappa shape index (κ1) is 25.8. The smallest absolute Gasteiger partial charge is 0.163 e. The van der Waals surface area contributed by atoms with E-state index in [9.17, 15) is 0 Å². The first-order valence-electron chi connectivity index (χ1n) is 13.8. The van der Waals surface area contributed by atoms with Crippen LogP contribution in [0.5, 0.6) is 0 Å². The van der Waals surface area contributed by atoms with Gasteiger partial charge in [0.25, 0.3) is 0 Å².